The Hall–Kier alpha value is -0.170. The van der Waals surface area contributed by atoms with Gasteiger partial charge in [-0.1, -0.05) is 97.8 Å². The maximum absolute atomic E-state index is 8.74. The number of hydrogen-bond donors (Lipinski definition) is 3. The summed E-state index contributed by atoms with van der Waals surface area (Å²) in [4.78, 5) is 0. The molecule has 0 rings (SSSR count). The van der Waals surface area contributed by atoms with E-state index < -0.39 is 10.4 Å². The van der Waals surface area contributed by atoms with Crippen molar-refractivity contribution < 1.29 is 17.5 Å². The first-order valence-electron chi connectivity index (χ1n) is 8.73. The van der Waals surface area contributed by atoms with E-state index in [4.69, 9.17) is 23.3 Å². The van der Waals surface area contributed by atoms with Crippen molar-refractivity contribution in [3.05, 3.63) is 0 Å². The molecule has 0 aromatic rings. The molecule has 0 unspecified atom stereocenters. The molecule has 138 valence electrons. The summed E-state index contributed by atoms with van der Waals surface area (Å²) < 4.78 is 31.6. The first kappa shape index (κ1) is 26.7. The molecule has 0 aliphatic rings. The van der Waals surface area contributed by atoms with Crippen LogP contribution in [0.25, 0.3) is 0 Å². The molecular weight excluding hydrogens is 302 g/mol. The first-order valence-corrected chi connectivity index (χ1v) is 10.1. The fourth-order valence-electron chi connectivity index (χ4n) is 1.91. The Morgan fingerprint density at radius 1 is 0.636 bits per heavy atom. The Balaban J connectivity index is -0.000000373. The maximum Gasteiger partial charge on any atom is 0.394 e. The molecule has 0 aliphatic carbocycles. The molecule has 0 fully saturated rings. The Morgan fingerprint density at radius 3 is 0.909 bits per heavy atom. The van der Waals surface area contributed by atoms with E-state index in [2.05, 4.69) is 13.8 Å². The highest BCUT2D eigenvalue weighted by atomic mass is 32.3. The Labute approximate surface area is 138 Å². The molecule has 0 saturated carbocycles. The third-order valence-corrected chi connectivity index (χ3v) is 2.96. The molecule has 0 spiro atoms. The third kappa shape index (κ3) is 59.9. The quantitative estimate of drug-likeness (QED) is 0.362. The van der Waals surface area contributed by atoms with Crippen molar-refractivity contribution in [2.24, 2.45) is 5.73 Å². The number of nitrogens with two attached hydrogens (primary N) is 1. The smallest absolute Gasteiger partial charge is 0.331 e. The highest BCUT2D eigenvalue weighted by Crippen LogP contribution is 2.11. The van der Waals surface area contributed by atoms with Gasteiger partial charge in [0.25, 0.3) is 0 Å². The van der Waals surface area contributed by atoms with E-state index in [0.29, 0.717) is 0 Å². The van der Waals surface area contributed by atoms with Gasteiger partial charge in [-0.05, 0) is 6.54 Å². The lowest BCUT2D eigenvalue weighted by Crippen LogP contribution is -1.89. The average Bonchev–Trinajstić information content (AvgIpc) is 2.40. The van der Waals surface area contributed by atoms with Gasteiger partial charge in [0.2, 0.25) is 0 Å². The van der Waals surface area contributed by atoms with Crippen molar-refractivity contribution in [2.45, 2.75) is 97.8 Å². The van der Waals surface area contributed by atoms with Crippen LogP contribution >= 0.6 is 0 Å². The van der Waals surface area contributed by atoms with E-state index in [0.717, 1.165) is 6.54 Å². The molecule has 0 aliphatic heterocycles. The predicted octanol–water partition coefficient (Wildman–Crippen LogP) is 5.02. The van der Waals surface area contributed by atoms with Gasteiger partial charge in [0.15, 0.2) is 0 Å². The molecule has 5 nitrogen and oxygen atoms in total. The fourth-order valence-corrected chi connectivity index (χ4v) is 1.91. The molecule has 0 heterocycles. The number of unbranched alkanes of at least 4 members (excludes halogenated alkanes) is 11. The van der Waals surface area contributed by atoms with Gasteiger partial charge in [-0.2, -0.15) is 8.42 Å². The van der Waals surface area contributed by atoms with Gasteiger partial charge in [-0.15, -0.1) is 0 Å². The van der Waals surface area contributed by atoms with Crippen LogP contribution in [0.5, 0.6) is 0 Å². The minimum atomic E-state index is -4.67. The Bertz CT molecular complexity index is 249. The minimum Gasteiger partial charge on any atom is -0.331 e. The van der Waals surface area contributed by atoms with Crippen LogP contribution < -0.4 is 5.73 Å². The zero-order valence-electron chi connectivity index (χ0n) is 14.9. The zero-order chi connectivity index (χ0) is 17.7. The lowest BCUT2D eigenvalue weighted by atomic mass is 10.1. The molecule has 0 aromatic heterocycles. The lowest BCUT2D eigenvalue weighted by molar-refractivity contribution is 0.381. The summed E-state index contributed by atoms with van der Waals surface area (Å²) in [7, 11) is -4.67. The van der Waals surface area contributed by atoms with E-state index in [9.17, 15) is 0 Å². The van der Waals surface area contributed by atoms with Crippen LogP contribution in [0.4, 0.5) is 0 Å². The van der Waals surface area contributed by atoms with Gasteiger partial charge in [-0.25, -0.2) is 0 Å². The maximum atomic E-state index is 8.74. The molecule has 22 heavy (non-hydrogen) atoms. The normalized spacial score (nSPS) is 10.3. The summed E-state index contributed by atoms with van der Waals surface area (Å²) >= 11 is 0. The van der Waals surface area contributed by atoms with Crippen LogP contribution in [0, 0.1) is 0 Å². The largest absolute Gasteiger partial charge is 0.394 e. The lowest BCUT2D eigenvalue weighted by Gasteiger charge is -2.01. The highest BCUT2D eigenvalue weighted by molar-refractivity contribution is 7.79. The summed E-state index contributed by atoms with van der Waals surface area (Å²) in [5.74, 6) is 0. The van der Waals surface area contributed by atoms with Crippen LogP contribution in [0.15, 0.2) is 0 Å². The molecule has 0 aromatic carbocycles. The van der Waals surface area contributed by atoms with Crippen molar-refractivity contribution in [3.8, 4) is 0 Å². The third-order valence-electron chi connectivity index (χ3n) is 2.96. The van der Waals surface area contributed by atoms with Gasteiger partial charge < -0.3 is 5.73 Å². The summed E-state index contributed by atoms with van der Waals surface area (Å²) in [6, 6.07) is 0. The molecule has 0 radical (unpaired) electrons. The zero-order valence-corrected chi connectivity index (χ0v) is 15.7. The van der Waals surface area contributed by atoms with Crippen molar-refractivity contribution in [1.29, 1.82) is 0 Å². The topological polar surface area (TPSA) is 101 Å². The number of rotatable bonds is 11. The van der Waals surface area contributed by atoms with E-state index >= 15 is 0 Å². The SMILES string of the molecule is CCCCCCCCCCCCCC.CCN.O=S(=O)(O)O. The standard InChI is InChI=1S/C14H30.C2H7N.H2O4S/c1-3-5-7-9-11-13-14-12-10-8-6-4-2;1-2-3;1-5(2,3)4/h3-14H2,1-2H3;2-3H2,1H3;(H2,1,2,3,4). The monoisotopic (exact) mass is 341 g/mol. The molecule has 0 atom stereocenters. The van der Waals surface area contributed by atoms with Gasteiger partial charge in [-0.3, -0.25) is 9.11 Å². The van der Waals surface area contributed by atoms with E-state index in [-0.39, 0.29) is 0 Å². The molecule has 0 amide bonds. The summed E-state index contributed by atoms with van der Waals surface area (Å²) in [5.41, 5.74) is 4.85. The first-order chi connectivity index (χ1) is 10.3. The molecule has 4 N–H and O–H groups in total. The van der Waals surface area contributed by atoms with Crippen molar-refractivity contribution in [1.82, 2.24) is 0 Å². The van der Waals surface area contributed by atoms with Gasteiger partial charge in [0.1, 0.15) is 0 Å². The van der Waals surface area contributed by atoms with Crippen LogP contribution in [0.2, 0.25) is 0 Å². The van der Waals surface area contributed by atoms with Crippen LogP contribution in [0.3, 0.4) is 0 Å². The molecular formula is C16H39NO4S. The van der Waals surface area contributed by atoms with Crippen molar-refractivity contribution in [2.75, 3.05) is 6.54 Å². The van der Waals surface area contributed by atoms with Crippen LogP contribution in [-0.2, 0) is 10.4 Å². The van der Waals surface area contributed by atoms with Crippen LogP contribution in [0.1, 0.15) is 97.8 Å². The second-order valence-corrected chi connectivity index (χ2v) is 6.29. The molecule has 6 heteroatoms. The molecule has 0 saturated heterocycles. The van der Waals surface area contributed by atoms with E-state index in [1.54, 1.807) is 0 Å². The average molecular weight is 342 g/mol. The summed E-state index contributed by atoms with van der Waals surface area (Å²) in [5, 5.41) is 0. The van der Waals surface area contributed by atoms with E-state index in [1.807, 2.05) is 6.92 Å². The van der Waals surface area contributed by atoms with Crippen molar-refractivity contribution >= 4 is 10.4 Å². The van der Waals surface area contributed by atoms with Gasteiger partial charge in [0.05, 0.1) is 0 Å². The highest BCUT2D eigenvalue weighted by Gasteiger charge is 1.91. The predicted molar refractivity (Wildman–Crippen MR) is 95.7 cm³/mol. The molecule has 0 bridgehead atoms. The number of hydrogen-bond acceptors (Lipinski definition) is 3. The Morgan fingerprint density at radius 2 is 0.773 bits per heavy atom. The van der Waals surface area contributed by atoms with Gasteiger partial charge >= 0.3 is 10.4 Å². The van der Waals surface area contributed by atoms with Gasteiger partial charge in [0, 0.05) is 0 Å². The van der Waals surface area contributed by atoms with E-state index in [1.165, 1.54) is 77.0 Å². The van der Waals surface area contributed by atoms with Crippen LogP contribution in [-0.4, -0.2) is 24.1 Å². The summed E-state index contributed by atoms with van der Waals surface area (Å²) in [6.45, 7) is 7.22. The van der Waals surface area contributed by atoms with Crippen molar-refractivity contribution in [3.63, 3.8) is 0 Å². The minimum absolute atomic E-state index is 0.750. The Kier molecular flexibility index (Phi) is 28.1. The summed E-state index contributed by atoms with van der Waals surface area (Å²) in [6.07, 6.45) is 17.4. The second-order valence-electron chi connectivity index (χ2n) is 5.39. The fraction of sp³-hybridized carbons (Fsp3) is 1.00. The second kappa shape index (κ2) is 23.1.